The molecule has 0 saturated heterocycles. The molecular weight excluding hydrogens is 126 g/mol. The van der Waals surface area contributed by atoms with E-state index in [9.17, 15) is 0 Å². The first-order valence-electron chi connectivity index (χ1n) is 3.23. The molecule has 3 nitrogen and oxygen atoms in total. The Morgan fingerprint density at radius 1 is 1.70 bits per heavy atom. The molecule has 1 aliphatic heterocycles. The first kappa shape index (κ1) is 6.94. The Balaban J connectivity index is 2.58. The van der Waals surface area contributed by atoms with Crippen LogP contribution in [0.25, 0.3) is 0 Å². The van der Waals surface area contributed by atoms with Crippen LogP contribution in [-0.4, -0.2) is 30.6 Å². The van der Waals surface area contributed by atoms with Crippen molar-refractivity contribution in [2.24, 2.45) is 0 Å². The number of nitriles is 1. The van der Waals surface area contributed by atoms with Gasteiger partial charge in [0, 0.05) is 26.0 Å². The SMILES string of the molecule is CN1C=C(CC#N)N(C)C1. The lowest BCUT2D eigenvalue weighted by atomic mass is 10.3. The van der Waals surface area contributed by atoms with E-state index in [2.05, 4.69) is 15.9 Å². The van der Waals surface area contributed by atoms with Crippen LogP contribution >= 0.6 is 0 Å². The summed E-state index contributed by atoms with van der Waals surface area (Å²) in [6.07, 6.45) is 2.52. The summed E-state index contributed by atoms with van der Waals surface area (Å²) in [5.41, 5.74) is 1.10. The Bertz CT molecular complexity index is 190. The first-order chi connectivity index (χ1) is 4.74. The van der Waals surface area contributed by atoms with Gasteiger partial charge in [0.2, 0.25) is 0 Å². The largest absolute Gasteiger partial charge is 0.361 e. The summed E-state index contributed by atoms with van der Waals surface area (Å²) in [4.78, 5) is 4.13. The van der Waals surface area contributed by atoms with E-state index in [1.54, 1.807) is 0 Å². The van der Waals surface area contributed by atoms with Gasteiger partial charge in [-0.05, 0) is 0 Å². The highest BCUT2D eigenvalue weighted by Crippen LogP contribution is 2.13. The van der Waals surface area contributed by atoms with Crippen molar-refractivity contribution in [3.8, 4) is 6.07 Å². The van der Waals surface area contributed by atoms with E-state index in [-0.39, 0.29) is 0 Å². The molecule has 0 amide bonds. The molecule has 0 aromatic rings. The minimum absolute atomic E-state index is 0.515. The third kappa shape index (κ3) is 1.21. The van der Waals surface area contributed by atoms with Crippen molar-refractivity contribution in [3.05, 3.63) is 11.9 Å². The van der Waals surface area contributed by atoms with Gasteiger partial charge in [-0.2, -0.15) is 5.26 Å². The topological polar surface area (TPSA) is 30.3 Å². The van der Waals surface area contributed by atoms with Gasteiger partial charge in [-0.1, -0.05) is 0 Å². The molecule has 0 aliphatic carbocycles. The fourth-order valence-corrected chi connectivity index (χ4v) is 1.08. The molecule has 0 atom stereocenters. The summed E-state index contributed by atoms with van der Waals surface area (Å²) < 4.78 is 0. The zero-order chi connectivity index (χ0) is 7.56. The smallest absolute Gasteiger partial charge is 0.0890 e. The van der Waals surface area contributed by atoms with E-state index < -0.39 is 0 Å². The average molecular weight is 137 g/mol. The van der Waals surface area contributed by atoms with Crippen molar-refractivity contribution in [2.75, 3.05) is 20.8 Å². The standard InChI is InChI=1S/C7H11N3/c1-9-5-7(3-4-8)10(2)6-9/h5H,3,6H2,1-2H3. The van der Waals surface area contributed by atoms with Crippen LogP contribution in [0.4, 0.5) is 0 Å². The summed E-state index contributed by atoms with van der Waals surface area (Å²) >= 11 is 0. The molecule has 1 aliphatic rings. The molecule has 0 aromatic carbocycles. The van der Waals surface area contributed by atoms with E-state index in [4.69, 9.17) is 5.26 Å². The Hall–Kier alpha value is -1.17. The van der Waals surface area contributed by atoms with Gasteiger partial charge in [0.15, 0.2) is 0 Å². The number of hydrogen-bond acceptors (Lipinski definition) is 3. The quantitative estimate of drug-likeness (QED) is 0.529. The van der Waals surface area contributed by atoms with Crippen LogP contribution in [0.3, 0.4) is 0 Å². The van der Waals surface area contributed by atoms with Crippen molar-refractivity contribution in [3.63, 3.8) is 0 Å². The van der Waals surface area contributed by atoms with E-state index in [0.29, 0.717) is 6.42 Å². The van der Waals surface area contributed by atoms with E-state index in [1.165, 1.54) is 0 Å². The molecule has 0 saturated carbocycles. The van der Waals surface area contributed by atoms with Gasteiger partial charge < -0.3 is 9.80 Å². The molecular formula is C7H11N3. The van der Waals surface area contributed by atoms with Crippen LogP contribution in [0.5, 0.6) is 0 Å². The number of nitrogens with zero attached hydrogens (tertiary/aromatic N) is 3. The summed E-state index contributed by atoms with van der Waals surface area (Å²) in [5.74, 6) is 0. The van der Waals surface area contributed by atoms with Gasteiger partial charge in [-0.3, -0.25) is 0 Å². The van der Waals surface area contributed by atoms with E-state index in [0.717, 1.165) is 12.4 Å². The van der Waals surface area contributed by atoms with Crippen LogP contribution < -0.4 is 0 Å². The highest BCUT2D eigenvalue weighted by molar-refractivity contribution is 5.09. The van der Waals surface area contributed by atoms with Crippen molar-refractivity contribution < 1.29 is 0 Å². The van der Waals surface area contributed by atoms with Gasteiger partial charge in [0.25, 0.3) is 0 Å². The molecule has 1 rings (SSSR count). The fraction of sp³-hybridized carbons (Fsp3) is 0.571. The Labute approximate surface area is 61.1 Å². The monoisotopic (exact) mass is 137 g/mol. The van der Waals surface area contributed by atoms with Gasteiger partial charge in [0.1, 0.15) is 0 Å². The second-order valence-corrected chi connectivity index (χ2v) is 2.55. The minimum Gasteiger partial charge on any atom is -0.361 e. The van der Waals surface area contributed by atoms with Gasteiger partial charge in [-0.25, -0.2) is 0 Å². The van der Waals surface area contributed by atoms with Crippen LogP contribution in [0, 0.1) is 11.3 Å². The number of hydrogen-bond donors (Lipinski definition) is 0. The summed E-state index contributed by atoms with van der Waals surface area (Å²) in [5, 5.41) is 8.39. The molecule has 0 spiro atoms. The molecule has 0 aromatic heterocycles. The fourth-order valence-electron chi connectivity index (χ4n) is 1.08. The maximum absolute atomic E-state index is 8.39. The third-order valence-corrected chi connectivity index (χ3v) is 1.56. The van der Waals surface area contributed by atoms with Gasteiger partial charge in [-0.15, -0.1) is 0 Å². The summed E-state index contributed by atoms with van der Waals surface area (Å²) in [6.45, 7) is 0.900. The normalized spacial score (nSPS) is 17.1. The number of allylic oxidation sites excluding steroid dienone is 1. The zero-order valence-corrected chi connectivity index (χ0v) is 6.33. The lowest BCUT2D eigenvalue weighted by Crippen LogP contribution is -2.20. The summed E-state index contributed by atoms with van der Waals surface area (Å²) in [6, 6.07) is 2.12. The first-order valence-corrected chi connectivity index (χ1v) is 3.23. The second-order valence-electron chi connectivity index (χ2n) is 2.55. The molecule has 10 heavy (non-hydrogen) atoms. The van der Waals surface area contributed by atoms with Crippen molar-refractivity contribution >= 4 is 0 Å². The van der Waals surface area contributed by atoms with E-state index in [1.807, 2.05) is 20.3 Å². The van der Waals surface area contributed by atoms with Crippen LogP contribution in [-0.2, 0) is 0 Å². The second kappa shape index (κ2) is 2.61. The molecule has 0 radical (unpaired) electrons. The third-order valence-electron chi connectivity index (χ3n) is 1.56. The van der Waals surface area contributed by atoms with Crippen LogP contribution in [0.15, 0.2) is 11.9 Å². The summed E-state index contributed by atoms with van der Waals surface area (Å²) in [7, 11) is 3.99. The maximum atomic E-state index is 8.39. The van der Waals surface area contributed by atoms with Gasteiger partial charge in [0.05, 0.1) is 19.2 Å². The van der Waals surface area contributed by atoms with Crippen LogP contribution in [0.1, 0.15) is 6.42 Å². The molecule has 0 unspecified atom stereocenters. The molecule has 54 valence electrons. The maximum Gasteiger partial charge on any atom is 0.0890 e. The minimum atomic E-state index is 0.515. The average Bonchev–Trinajstić information content (AvgIpc) is 2.13. The molecule has 0 N–H and O–H groups in total. The number of rotatable bonds is 1. The van der Waals surface area contributed by atoms with Crippen molar-refractivity contribution in [1.82, 2.24) is 9.80 Å². The lowest BCUT2D eigenvalue weighted by molar-refractivity contribution is 0.325. The predicted octanol–water partition coefficient (Wildman–Crippen LogP) is 0.576. The van der Waals surface area contributed by atoms with Crippen molar-refractivity contribution in [1.29, 1.82) is 5.26 Å². The molecule has 0 bridgehead atoms. The molecule has 0 fully saturated rings. The lowest BCUT2D eigenvalue weighted by Gasteiger charge is -2.14. The molecule has 3 heteroatoms. The van der Waals surface area contributed by atoms with Crippen molar-refractivity contribution in [2.45, 2.75) is 6.42 Å². The van der Waals surface area contributed by atoms with E-state index >= 15 is 0 Å². The highest BCUT2D eigenvalue weighted by atomic mass is 15.3. The zero-order valence-electron chi connectivity index (χ0n) is 6.33. The molecule has 1 heterocycles. The predicted molar refractivity (Wildman–Crippen MR) is 38.7 cm³/mol. The highest BCUT2D eigenvalue weighted by Gasteiger charge is 2.12. The van der Waals surface area contributed by atoms with Gasteiger partial charge >= 0.3 is 0 Å². The Morgan fingerprint density at radius 2 is 2.40 bits per heavy atom. The Morgan fingerprint density at radius 3 is 2.80 bits per heavy atom. The Kier molecular flexibility index (Phi) is 1.81. The van der Waals surface area contributed by atoms with Crippen LogP contribution in [0.2, 0.25) is 0 Å².